The number of esters is 1. The molecule has 0 bridgehead atoms. The van der Waals surface area contributed by atoms with E-state index >= 15 is 0 Å². The number of aromatic nitrogens is 2. The van der Waals surface area contributed by atoms with Gasteiger partial charge < -0.3 is 14.5 Å². The van der Waals surface area contributed by atoms with Crippen LogP contribution in [0.4, 0.5) is 11.5 Å². The van der Waals surface area contributed by atoms with Gasteiger partial charge in [-0.1, -0.05) is 12.1 Å². The number of fused-ring (bicyclic) bond motifs is 1. The average molecular weight is 404 g/mol. The number of nitrogens with zero attached hydrogens (tertiary/aromatic N) is 4. The van der Waals surface area contributed by atoms with Crippen LogP contribution in [0.15, 0.2) is 48.5 Å². The molecule has 154 valence electrons. The van der Waals surface area contributed by atoms with Crippen molar-refractivity contribution in [3.63, 3.8) is 0 Å². The number of carbonyl (C=O) groups is 2. The minimum absolute atomic E-state index is 0.0627. The Morgan fingerprint density at radius 1 is 0.900 bits per heavy atom. The zero-order chi connectivity index (χ0) is 21.1. The second kappa shape index (κ2) is 8.49. The second-order valence-corrected chi connectivity index (χ2v) is 7.18. The molecular formula is C23H24N4O3. The standard InChI is InChI=1S/C23H24N4O3/c1-3-30-23(29)21-22(25-20-7-5-4-6-19(20)24-21)27-14-12-26(13-15-27)18-10-8-17(9-11-18)16(2)28/h4-11H,3,12-15H2,1-2H3. The van der Waals surface area contributed by atoms with Crippen LogP contribution in [0, 0.1) is 0 Å². The van der Waals surface area contributed by atoms with Gasteiger partial charge in [0.05, 0.1) is 17.6 Å². The minimum Gasteiger partial charge on any atom is -0.461 e. The summed E-state index contributed by atoms with van der Waals surface area (Å²) in [6.07, 6.45) is 0. The number of anilines is 2. The SMILES string of the molecule is CCOC(=O)c1nc2ccccc2nc1N1CCN(c2ccc(C(C)=O)cc2)CC1. The monoisotopic (exact) mass is 404 g/mol. The molecule has 4 rings (SSSR count). The zero-order valence-electron chi connectivity index (χ0n) is 17.2. The molecule has 0 saturated carbocycles. The van der Waals surface area contributed by atoms with Crippen molar-refractivity contribution >= 4 is 34.3 Å². The molecular weight excluding hydrogens is 380 g/mol. The molecule has 0 amide bonds. The van der Waals surface area contributed by atoms with Gasteiger partial charge in [-0.25, -0.2) is 14.8 Å². The summed E-state index contributed by atoms with van der Waals surface area (Å²) in [5, 5.41) is 0. The van der Waals surface area contributed by atoms with E-state index in [1.807, 2.05) is 48.5 Å². The Labute approximate surface area is 175 Å². The van der Waals surface area contributed by atoms with E-state index in [4.69, 9.17) is 9.72 Å². The maximum Gasteiger partial charge on any atom is 0.360 e. The zero-order valence-corrected chi connectivity index (χ0v) is 17.2. The van der Waals surface area contributed by atoms with E-state index in [9.17, 15) is 9.59 Å². The van der Waals surface area contributed by atoms with E-state index in [0.29, 0.717) is 30.0 Å². The average Bonchev–Trinajstić information content (AvgIpc) is 2.78. The molecule has 1 aliphatic heterocycles. The minimum atomic E-state index is -0.451. The Balaban J connectivity index is 1.57. The third-order valence-electron chi connectivity index (χ3n) is 5.24. The van der Waals surface area contributed by atoms with Crippen LogP contribution < -0.4 is 9.80 Å². The van der Waals surface area contributed by atoms with Gasteiger partial charge in [0, 0.05) is 37.4 Å². The fourth-order valence-corrected chi connectivity index (χ4v) is 3.63. The van der Waals surface area contributed by atoms with Crippen LogP contribution in [0.2, 0.25) is 0 Å². The molecule has 3 aromatic rings. The molecule has 1 fully saturated rings. The van der Waals surface area contributed by atoms with E-state index < -0.39 is 5.97 Å². The first kappa shape index (κ1) is 19.8. The largest absolute Gasteiger partial charge is 0.461 e. The molecule has 0 unspecified atom stereocenters. The predicted octanol–water partition coefficient (Wildman–Crippen LogP) is 3.34. The molecule has 0 N–H and O–H groups in total. The molecule has 0 spiro atoms. The van der Waals surface area contributed by atoms with E-state index in [0.717, 1.165) is 24.3 Å². The van der Waals surface area contributed by atoms with Crippen LogP contribution >= 0.6 is 0 Å². The lowest BCUT2D eigenvalue weighted by Crippen LogP contribution is -2.47. The van der Waals surface area contributed by atoms with Gasteiger partial charge in [0.25, 0.3) is 0 Å². The highest BCUT2D eigenvalue weighted by Gasteiger charge is 2.25. The Hall–Kier alpha value is -3.48. The summed E-state index contributed by atoms with van der Waals surface area (Å²) < 4.78 is 5.22. The van der Waals surface area contributed by atoms with E-state index in [1.54, 1.807) is 13.8 Å². The smallest absolute Gasteiger partial charge is 0.360 e. The van der Waals surface area contributed by atoms with Crippen LogP contribution in [0.3, 0.4) is 0 Å². The van der Waals surface area contributed by atoms with Gasteiger partial charge in [-0.05, 0) is 50.2 Å². The van der Waals surface area contributed by atoms with Crippen molar-refractivity contribution in [3.8, 4) is 0 Å². The first-order valence-electron chi connectivity index (χ1n) is 10.1. The molecule has 1 saturated heterocycles. The van der Waals surface area contributed by atoms with Gasteiger partial charge in [-0.2, -0.15) is 0 Å². The molecule has 7 nitrogen and oxygen atoms in total. The number of ether oxygens (including phenoxy) is 1. The summed E-state index contributed by atoms with van der Waals surface area (Å²) in [5.41, 5.74) is 3.48. The predicted molar refractivity (Wildman–Crippen MR) is 116 cm³/mol. The van der Waals surface area contributed by atoms with Crippen LogP contribution in [0.25, 0.3) is 11.0 Å². The maximum absolute atomic E-state index is 12.5. The van der Waals surface area contributed by atoms with Gasteiger partial charge in [0.1, 0.15) is 0 Å². The highest BCUT2D eigenvalue weighted by molar-refractivity contribution is 5.95. The number of piperazine rings is 1. The van der Waals surface area contributed by atoms with Gasteiger partial charge in [0.15, 0.2) is 17.3 Å². The molecule has 0 aliphatic carbocycles. The molecule has 1 aliphatic rings. The lowest BCUT2D eigenvalue weighted by Gasteiger charge is -2.37. The third-order valence-corrected chi connectivity index (χ3v) is 5.24. The van der Waals surface area contributed by atoms with Crippen LogP contribution in [-0.2, 0) is 4.74 Å². The highest BCUT2D eigenvalue weighted by atomic mass is 16.5. The highest BCUT2D eigenvalue weighted by Crippen LogP contribution is 2.25. The first-order chi connectivity index (χ1) is 14.6. The van der Waals surface area contributed by atoms with Crippen molar-refractivity contribution < 1.29 is 14.3 Å². The van der Waals surface area contributed by atoms with Crippen molar-refractivity contribution in [2.75, 3.05) is 42.6 Å². The molecule has 0 atom stereocenters. The van der Waals surface area contributed by atoms with Crippen molar-refractivity contribution in [2.24, 2.45) is 0 Å². The molecule has 7 heteroatoms. The lowest BCUT2D eigenvalue weighted by atomic mass is 10.1. The number of hydrogen-bond acceptors (Lipinski definition) is 7. The summed E-state index contributed by atoms with van der Waals surface area (Å²) in [5.74, 6) is 0.180. The van der Waals surface area contributed by atoms with Gasteiger partial charge in [0.2, 0.25) is 0 Å². The Morgan fingerprint density at radius 2 is 1.50 bits per heavy atom. The molecule has 2 aromatic carbocycles. The van der Waals surface area contributed by atoms with Crippen LogP contribution in [-0.4, -0.2) is 54.5 Å². The van der Waals surface area contributed by atoms with Crippen molar-refractivity contribution in [1.29, 1.82) is 0 Å². The molecule has 30 heavy (non-hydrogen) atoms. The fraction of sp³-hybridized carbons (Fsp3) is 0.304. The van der Waals surface area contributed by atoms with Gasteiger partial charge in [-0.3, -0.25) is 4.79 Å². The van der Waals surface area contributed by atoms with Crippen molar-refractivity contribution in [1.82, 2.24) is 9.97 Å². The van der Waals surface area contributed by atoms with Gasteiger partial charge in [-0.15, -0.1) is 0 Å². The second-order valence-electron chi connectivity index (χ2n) is 7.18. The van der Waals surface area contributed by atoms with E-state index in [1.165, 1.54) is 0 Å². The van der Waals surface area contributed by atoms with E-state index in [-0.39, 0.29) is 18.1 Å². The normalized spacial score (nSPS) is 14.1. The van der Waals surface area contributed by atoms with Crippen molar-refractivity contribution in [3.05, 3.63) is 59.8 Å². The van der Waals surface area contributed by atoms with Crippen LogP contribution in [0.5, 0.6) is 0 Å². The molecule has 1 aromatic heterocycles. The Morgan fingerprint density at radius 3 is 2.10 bits per heavy atom. The number of ketones is 1. The molecule has 2 heterocycles. The number of hydrogen-bond donors (Lipinski definition) is 0. The number of Topliss-reactive ketones (excluding diaryl/α,β-unsaturated/α-hetero) is 1. The summed E-state index contributed by atoms with van der Waals surface area (Å²) in [6.45, 7) is 6.59. The number of benzene rings is 2. The summed E-state index contributed by atoms with van der Waals surface area (Å²) >= 11 is 0. The summed E-state index contributed by atoms with van der Waals surface area (Å²) in [6, 6.07) is 15.2. The summed E-state index contributed by atoms with van der Waals surface area (Å²) in [4.78, 5) is 37.7. The molecule has 0 radical (unpaired) electrons. The third kappa shape index (κ3) is 3.96. The van der Waals surface area contributed by atoms with E-state index in [2.05, 4.69) is 14.8 Å². The maximum atomic E-state index is 12.5. The quantitative estimate of drug-likeness (QED) is 0.477. The lowest BCUT2D eigenvalue weighted by molar-refractivity contribution is 0.0520. The first-order valence-corrected chi connectivity index (χ1v) is 10.1. The van der Waals surface area contributed by atoms with Gasteiger partial charge >= 0.3 is 5.97 Å². The number of carbonyl (C=O) groups excluding carboxylic acids is 2. The number of para-hydroxylation sites is 2. The van der Waals surface area contributed by atoms with Crippen LogP contribution in [0.1, 0.15) is 34.7 Å². The Bertz CT molecular complexity index is 1070. The Kier molecular flexibility index (Phi) is 5.61. The number of rotatable bonds is 5. The van der Waals surface area contributed by atoms with Crippen molar-refractivity contribution in [2.45, 2.75) is 13.8 Å². The fourth-order valence-electron chi connectivity index (χ4n) is 3.63. The topological polar surface area (TPSA) is 75.6 Å². The summed E-state index contributed by atoms with van der Waals surface area (Å²) in [7, 11) is 0.